The highest BCUT2D eigenvalue weighted by molar-refractivity contribution is 6.01. The predicted molar refractivity (Wildman–Crippen MR) is 67.1 cm³/mol. The number of benzene rings is 1. The molecule has 17 heavy (non-hydrogen) atoms. The third-order valence-electron chi connectivity index (χ3n) is 3.81. The van der Waals surface area contributed by atoms with Gasteiger partial charge in [0.2, 0.25) is 0 Å². The van der Waals surface area contributed by atoms with E-state index in [1.807, 2.05) is 39.0 Å². The highest BCUT2D eigenvalue weighted by Gasteiger charge is 2.44. The molecule has 2 N–H and O–H groups in total. The first-order valence-corrected chi connectivity index (χ1v) is 5.90. The molecule has 3 nitrogen and oxygen atoms in total. The Morgan fingerprint density at radius 1 is 1.41 bits per heavy atom. The summed E-state index contributed by atoms with van der Waals surface area (Å²) in [6.45, 7) is 6.82. The first-order valence-electron chi connectivity index (χ1n) is 5.90. The van der Waals surface area contributed by atoms with Crippen molar-refractivity contribution in [2.24, 2.45) is 11.1 Å². The number of ether oxygens (including phenoxy) is 1. The first-order chi connectivity index (χ1) is 7.95. The van der Waals surface area contributed by atoms with Crippen LogP contribution in [-0.2, 0) is 4.74 Å². The maximum Gasteiger partial charge on any atom is 0.172 e. The van der Waals surface area contributed by atoms with E-state index >= 15 is 0 Å². The average Bonchev–Trinajstić information content (AvgIpc) is 2.63. The van der Waals surface area contributed by atoms with Crippen LogP contribution < -0.4 is 5.73 Å². The molecule has 0 amide bonds. The molecule has 1 aromatic carbocycles. The summed E-state index contributed by atoms with van der Waals surface area (Å²) in [5.41, 5.74) is 8.45. The van der Waals surface area contributed by atoms with E-state index < -0.39 is 5.41 Å². The van der Waals surface area contributed by atoms with Crippen LogP contribution in [0.3, 0.4) is 0 Å². The first kappa shape index (κ1) is 12.3. The van der Waals surface area contributed by atoms with E-state index in [0.717, 1.165) is 11.1 Å². The van der Waals surface area contributed by atoms with Gasteiger partial charge in [-0.25, -0.2) is 0 Å². The van der Waals surface area contributed by atoms with Gasteiger partial charge < -0.3 is 10.5 Å². The Hall–Kier alpha value is -1.19. The molecule has 1 aliphatic rings. The summed E-state index contributed by atoms with van der Waals surface area (Å²) in [4.78, 5) is 12.5. The molecule has 2 atom stereocenters. The van der Waals surface area contributed by atoms with Crippen molar-refractivity contribution in [1.82, 2.24) is 0 Å². The van der Waals surface area contributed by atoms with E-state index in [2.05, 4.69) is 0 Å². The Balaban J connectivity index is 2.34. The van der Waals surface area contributed by atoms with Crippen molar-refractivity contribution in [2.75, 3.05) is 13.2 Å². The Morgan fingerprint density at radius 3 is 2.65 bits per heavy atom. The minimum Gasteiger partial charge on any atom is -0.379 e. The molecule has 0 radical (unpaired) electrons. The Morgan fingerprint density at radius 2 is 2.12 bits per heavy atom. The van der Waals surface area contributed by atoms with Gasteiger partial charge in [0.1, 0.15) is 0 Å². The number of nitrogens with two attached hydrogens (primary N) is 1. The van der Waals surface area contributed by atoms with E-state index in [4.69, 9.17) is 10.5 Å². The Labute approximate surface area is 102 Å². The van der Waals surface area contributed by atoms with Crippen molar-refractivity contribution in [2.45, 2.75) is 26.8 Å². The monoisotopic (exact) mass is 233 g/mol. The van der Waals surface area contributed by atoms with Crippen LogP contribution in [-0.4, -0.2) is 25.0 Å². The summed E-state index contributed by atoms with van der Waals surface area (Å²) < 4.78 is 5.32. The highest BCUT2D eigenvalue weighted by atomic mass is 16.5. The van der Waals surface area contributed by atoms with Gasteiger partial charge in [0.25, 0.3) is 0 Å². The topological polar surface area (TPSA) is 52.3 Å². The molecule has 0 aromatic heterocycles. The van der Waals surface area contributed by atoms with E-state index in [9.17, 15) is 4.79 Å². The number of hydrogen-bond donors (Lipinski definition) is 1. The van der Waals surface area contributed by atoms with Gasteiger partial charge in [0.15, 0.2) is 5.78 Å². The lowest BCUT2D eigenvalue weighted by molar-refractivity contribution is 0.0767. The second-order valence-electron chi connectivity index (χ2n) is 5.17. The molecule has 1 aromatic rings. The van der Waals surface area contributed by atoms with Crippen LogP contribution in [0.5, 0.6) is 0 Å². The zero-order valence-electron chi connectivity index (χ0n) is 10.6. The molecule has 1 saturated heterocycles. The van der Waals surface area contributed by atoms with E-state index in [1.54, 1.807) is 0 Å². The molecule has 3 heteroatoms. The van der Waals surface area contributed by atoms with Crippen LogP contribution in [0.15, 0.2) is 18.2 Å². The van der Waals surface area contributed by atoms with Gasteiger partial charge in [-0.1, -0.05) is 12.1 Å². The number of ketones is 1. The fourth-order valence-electron chi connectivity index (χ4n) is 2.14. The number of carbonyl (C=O) groups is 1. The third-order valence-corrected chi connectivity index (χ3v) is 3.81. The van der Waals surface area contributed by atoms with Crippen molar-refractivity contribution < 1.29 is 9.53 Å². The summed E-state index contributed by atoms with van der Waals surface area (Å²) in [6.07, 6.45) is 0. The Bertz CT molecular complexity index is 456. The van der Waals surface area contributed by atoms with Crippen LogP contribution >= 0.6 is 0 Å². The van der Waals surface area contributed by atoms with Crippen LogP contribution in [0.2, 0.25) is 0 Å². The fourth-order valence-corrected chi connectivity index (χ4v) is 2.14. The van der Waals surface area contributed by atoms with Gasteiger partial charge in [0.05, 0.1) is 18.6 Å². The number of rotatable bonds is 2. The van der Waals surface area contributed by atoms with Gasteiger partial charge in [-0.05, 0) is 38.0 Å². The molecule has 2 rings (SSSR count). The maximum absolute atomic E-state index is 12.5. The average molecular weight is 233 g/mol. The van der Waals surface area contributed by atoms with Crippen molar-refractivity contribution in [3.8, 4) is 0 Å². The lowest BCUT2D eigenvalue weighted by atomic mass is 9.78. The van der Waals surface area contributed by atoms with Gasteiger partial charge in [-0.3, -0.25) is 4.79 Å². The zero-order valence-corrected chi connectivity index (χ0v) is 10.6. The molecule has 92 valence electrons. The van der Waals surface area contributed by atoms with Crippen LogP contribution in [0.1, 0.15) is 28.4 Å². The van der Waals surface area contributed by atoms with Crippen molar-refractivity contribution in [3.05, 3.63) is 34.9 Å². The number of carbonyl (C=O) groups excluding carboxylic acids is 1. The molecule has 0 bridgehead atoms. The molecule has 1 aliphatic heterocycles. The Kier molecular flexibility index (Phi) is 3.06. The summed E-state index contributed by atoms with van der Waals surface area (Å²) >= 11 is 0. The van der Waals surface area contributed by atoms with Crippen LogP contribution in [0.4, 0.5) is 0 Å². The highest BCUT2D eigenvalue weighted by Crippen LogP contribution is 2.31. The zero-order chi connectivity index (χ0) is 12.6. The van der Waals surface area contributed by atoms with Gasteiger partial charge in [-0.2, -0.15) is 0 Å². The molecule has 0 spiro atoms. The van der Waals surface area contributed by atoms with E-state index in [-0.39, 0.29) is 11.8 Å². The normalized spacial score (nSPS) is 28.4. The molecule has 0 saturated carbocycles. The predicted octanol–water partition coefficient (Wildman–Crippen LogP) is 1.85. The second-order valence-corrected chi connectivity index (χ2v) is 5.17. The standard InChI is InChI=1S/C14H19NO2/c1-9-4-5-11(6-10(9)2)13(16)14(3)8-17-7-12(14)15/h4-6,12H,7-8,15H2,1-3H3. The third kappa shape index (κ3) is 2.01. The SMILES string of the molecule is Cc1ccc(C(=O)C2(C)COCC2N)cc1C. The van der Waals surface area contributed by atoms with Crippen molar-refractivity contribution >= 4 is 5.78 Å². The van der Waals surface area contributed by atoms with Crippen molar-refractivity contribution in [1.29, 1.82) is 0 Å². The van der Waals surface area contributed by atoms with Gasteiger partial charge in [0, 0.05) is 11.6 Å². The maximum atomic E-state index is 12.5. The largest absolute Gasteiger partial charge is 0.379 e. The molecule has 1 fully saturated rings. The lowest BCUT2D eigenvalue weighted by Gasteiger charge is -2.25. The van der Waals surface area contributed by atoms with Gasteiger partial charge in [-0.15, -0.1) is 0 Å². The number of hydrogen-bond acceptors (Lipinski definition) is 3. The van der Waals surface area contributed by atoms with Crippen LogP contribution in [0, 0.1) is 19.3 Å². The van der Waals surface area contributed by atoms with Crippen molar-refractivity contribution in [3.63, 3.8) is 0 Å². The lowest BCUT2D eigenvalue weighted by Crippen LogP contribution is -2.44. The summed E-state index contributed by atoms with van der Waals surface area (Å²) in [7, 11) is 0. The molecular weight excluding hydrogens is 214 g/mol. The second kappa shape index (κ2) is 4.24. The number of aryl methyl sites for hydroxylation is 2. The molecular formula is C14H19NO2. The van der Waals surface area contributed by atoms with Crippen LogP contribution in [0.25, 0.3) is 0 Å². The molecule has 0 aliphatic carbocycles. The van der Waals surface area contributed by atoms with E-state index in [0.29, 0.717) is 13.2 Å². The summed E-state index contributed by atoms with van der Waals surface area (Å²) in [5, 5.41) is 0. The quantitative estimate of drug-likeness (QED) is 0.793. The number of Topliss-reactive ketones (excluding diaryl/α,β-unsaturated/α-hetero) is 1. The summed E-state index contributed by atoms with van der Waals surface area (Å²) in [6, 6.07) is 5.58. The molecule has 2 unspecified atom stereocenters. The minimum absolute atomic E-state index is 0.0885. The minimum atomic E-state index is -0.582. The van der Waals surface area contributed by atoms with E-state index in [1.165, 1.54) is 5.56 Å². The molecule has 1 heterocycles. The summed E-state index contributed by atoms with van der Waals surface area (Å²) in [5.74, 6) is 0.0885. The fraction of sp³-hybridized carbons (Fsp3) is 0.500. The van der Waals surface area contributed by atoms with Gasteiger partial charge >= 0.3 is 0 Å². The smallest absolute Gasteiger partial charge is 0.172 e.